The molecule has 0 unspecified atom stereocenters. The summed E-state index contributed by atoms with van der Waals surface area (Å²) in [5.74, 6) is 0.756. The minimum atomic E-state index is -0.633. The number of allylic oxidation sites excluding steroid dienone is 1. The first-order chi connectivity index (χ1) is 7.95. The molecule has 0 bridgehead atoms. The monoisotopic (exact) mass is 373 g/mol. The van der Waals surface area contributed by atoms with Crippen molar-refractivity contribution >= 4 is 38.4 Å². The summed E-state index contributed by atoms with van der Waals surface area (Å²) in [7, 11) is 0. The van der Waals surface area contributed by atoms with Crippen LogP contribution in [-0.2, 0) is 4.79 Å². The average molecular weight is 371 g/mol. The first-order valence-corrected chi connectivity index (χ1v) is 8.75. The zero-order valence-electron chi connectivity index (χ0n) is 10.3. The Kier molecular flexibility index (Phi) is 3.81. The summed E-state index contributed by atoms with van der Waals surface area (Å²) >= 11 is 5.18. The van der Waals surface area contributed by atoms with Crippen LogP contribution in [0.5, 0.6) is 0 Å². The Labute approximate surface area is 117 Å². The van der Waals surface area contributed by atoms with Gasteiger partial charge >= 0.3 is 117 Å². The van der Waals surface area contributed by atoms with Crippen molar-refractivity contribution in [3.8, 4) is 0 Å². The number of fused-ring (bicyclic) bond motifs is 1. The molecule has 3 atom stereocenters. The molecule has 1 fully saturated rings. The number of alkyl halides is 1. The van der Waals surface area contributed by atoms with Gasteiger partial charge in [-0.1, -0.05) is 0 Å². The van der Waals surface area contributed by atoms with Crippen molar-refractivity contribution < 1.29 is 9.90 Å². The SMILES string of the molecule is CC1=C(CCCl)[C@@H]2NC(=O)[C@]2([C@@H](O)C(C)C)[Te]1. The molecule has 0 saturated carbocycles. The van der Waals surface area contributed by atoms with Gasteiger partial charge in [-0.3, -0.25) is 0 Å². The number of hydrogen-bond acceptors (Lipinski definition) is 2. The van der Waals surface area contributed by atoms with Gasteiger partial charge in [0, 0.05) is 0 Å². The van der Waals surface area contributed by atoms with Crippen LogP contribution in [0.4, 0.5) is 0 Å². The standard InChI is InChI=1S/C12H18ClNO2Te/c1-6(2)10(15)12-9(14-11(12)16)8(4-5-13)7(3)17-12/h6,9-10,15H,4-5H2,1-3H3,(H,14,16)/t9-,10-,12-/m0/s1. The topological polar surface area (TPSA) is 49.3 Å². The second kappa shape index (κ2) is 4.74. The van der Waals surface area contributed by atoms with Gasteiger partial charge in [0.15, 0.2) is 0 Å². The molecule has 0 spiro atoms. The second-order valence-electron chi connectivity index (χ2n) is 5.01. The van der Waals surface area contributed by atoms with Crippen LogP contribution in [0.1, 0.15) is 27.2 Å². The van der Waals surface area contributed by atoms with Gasteiger partial charge in [0.05, 0.1) is 0 Å². The molecule has 2 rings (SSSR count). The van der Waals surface area contributed by atoms with Gasteiger partial charge in [-0.25, -0.2) is 0 Å². The minimum absolute atomic E-state index is 0.0509. The number of aliphatic hydroxyl groups excluding tert-OH is 1. The number of carbonyl (C=O) groups excluding carboxylic acids is 1. The first kappa shape index (κ1) is 13.7. The molecule has 2 heterocycles. The maximum atomic E-state index is 12.0. The molecule has 17 heavy (non-hydrogen) atoms. The van der Waals surface area contributed by atoms with Crippen LogP contribution >= 0.6 is 11.6 Å². The molecule has 0 aromatic rings. The van der Waals surface area contributed by atoms with E-state index in [1.165, 1.54) is 9.19 Å². The number of amides is 1. The van der Waals surface area contributed by atoms with Gasteiger partial charge in [0.25, 0.3) is 0 Å². The molecule has 0 radical (unpaired) electrons. The van der Waals surface area contributed by atoms with Crippen LogP contribution in [0, 0.1) is 5.92 Å². The maximum absolute atomic E-state index is 12.0. The molecule has 2 N–H and O–H groups in total. The molecule has 2 aliphatic heterocycles. The van der Waals surface area contributed by atoms with E-state index in [4.69, 9.17) is 11.6 Å². The molecule has 5 heteroatoms. The molecule has 0 aromatic heterocycles. The predicted molar refractivity (Wildman–Crippen MR) is 69.3 cm³/mol. The van der Waals surface area contributed by atoms with E-state index < -0.39 is 30.5 Å². The Hall–Kier alpha value is 0.250. The third kappa shape index (κ3) is 1.85. The number of aliphatic hydroxyl groups is 1. The molecule has 2 aliphatic rings. The van der Waals surface area contributed by atoms with E-state index in [2.05, 4.69) is 12.2 Å². The van der Waals surface area contributed by atoms with Crippen LogP contribution in [0.2, 0.25) is 3.46 Å². The average Bonchev–Trinajstić information content (AvgIpc) is 2.49. The number of carbonyl (C=O) groups is 1. The van der Waals surface area contributed by atoms with Crippen LogP contribution in [0.25, 0.3) is 0 Å². The van der Waals surface area contributed by atoms with Gasteiger partial charge in [-0.05, 0) is 0 Å². The fraction of sp³-hybridized carbons (Fsp3) is 0.750. The Morgan fingerprint density at radius 3 is 2.71 bits per heavy atom. The Balaban J connectivity index is 2.29. The van der Waals surface area contributed by atoms with Crippen molar-refractivity contribution in [2.24, 2.45) is 5.92 Å². The zero-order valence-corrected chi connectivity index (χ0v) is 13.4. The Bertz CT molecular complexity index is 383. The first-order valence-electron chi connectivity index (χ1n) is 5.88. The van der Waals surface area contributed by atoms with E-state index in [0.29, 0.717) is 5.88 Å². The van der Waals surface area contributed by atoms with Crippen LogP contribution < -0.4 is 5.32 Å². The molecule has 0 aliphatic carbocycles. The summed E-state index contributed by atoms with van der Waals surface area (Å²) in [6.07, 6.45) is 0.307. The van der Waals surface area contributed by atoms with Crippen molar-refractivity contribution in [3.05, 3.63) is 9.19 Å². The molecule has 1 amide bonds. The van der Waals surface area contributed by atoms with Crippen molar-refractivity contribution in [1.82, 2.24) is 5.32 Å². The van der Waals surface area contributed by atoms with Crippen LogP contribution in [0.3, 0.4) is 0 Å². The predicted octanol–water partition coefficient (Wildman–Crippen LogP) is 1.28. The summed E-state index contributed by atoms with van der Waals surface area (Å²) < 4.78 is 0.865. The number of nitrogens with one attached hydrogen (secondary N) is 1. The van der Waals surface area contributed by atoms with E-state index in [0.717, 1.165) is 6.42 Å². The van der Waals surface area contributed by atoms with Crippen molar-refractivity contribution in [2.45, 2.75) is 42.8 Å². The quantitative estimate of drug-likeness (QED) is 0.444. The van der Waals surface area contributed by atoms with Crippen molar-refractivity contribution in [2.75, 3.05) is 5.88 Å². The van der Waals surface area contributed by atoms with Crippen LogP contribution in [0.15, 0.2) is 9.19 Å². The van der Waals surface area contributed by atoms with Crippen LogP contribution in [-0.4, -0.2) is 50.0 Å². The molecule has 1 saturated heterocycles. The van der Waals surface area contributed by atoms with E-state index in [1.54, 1.807) is 0 Å². The van der Waals surface area contributed by atoms with Gasteiger partial charge in [0.1, 0.15) is 0 Å². The summed E-state index contributed by atoms with van der Waals surface area (Å²) in [6.45, 7) is 6.06. The Morgan fingerprint density at radius 2 is 2.24 bits per heavy atom. The number of rotatable bonds is 4. The fourth-order valence-electron chi connectivity index (χ4n) is 2.66. The van der Waals surface area contributed by atoms with E-state index in [9.17, 15) is 9.90 Å². The summed E-state index contributed by atoms with van der Waals surface area (Å²) in [4.78, 5) is 12.0. The van der Waals surface area contributed by atoms with E-state index in [1.807, 2.05) is 13.8 Å². The zero-order chi connectivity index (χ0) is 12.8. The fourth-order valence-corrected chi connectivity index (χ4v) is 7.78. The van der Waals surface area contributed by atoms with Gasteiger partial charge in [0.2, 0.25) is 0 Å². The van der Waals surface area contributed by atoms with E-state index >= 15 is 0 Å². The van der Waals surface area contributed by atoms with Gasteiger partial charge < -0.3 is 0 Å². The summed E-state index contributed by atoms with van der Waals surface area (Å²) in [6, 6.07) is 0.0635. The molecule has 3 nitrogen and oxygen atoms in total. The van der Waals surface area contributed by atoms with Gasteiger partial charge in [-0.15, -0.1) is 0 Å². The third-order valence-corrected chi connectivity index (χ3v) is 8.28. The molecular weight excluding hydrogens is 353 g/mol. The normalized spacial score (nSPS) is 33.5. The summed E-state index contributed by atoms with van der Waals surface area (Å²) in [5.41, 5.74) is 1.28. The second-order valence-corrected chi connectivity index (χ2v) is 9.65. The van der Waals surface area contributed by atoms with Crippen molar-refractivity contribution in [3.63, 3.8) is 0 Å². The number of halogens is 1. The number of β-lactam (4-membered cyclic amide) rings is 1. The van der Waals surface area contributed by atoms with Crippen molar-refractivity contribution in [1.29, 1.82) is 0 Å². The number of hydrogen-bond donors (Lipinski definition) is 2. The molecular formula is C12H18ClNO2Te. The summed E-state index contributed by atoms with van der Waals surface area (Å²) in [5, 5.41) is 13.4. The third-order valence-electron chi connectivity index (χ3n) is 3.62. The molecule has 96 valence electrons. The van der Waals surface area contributed by atoms with Gasteiger partial charge in [-0.2, -0.15) is 0 Å². The molecule has 0 aromatic carbocycles. The Morgan fingerprint density at radius 1 is 1.59 bits per heavy atom. The van der Waals surface area contributed by atoms with E-state index in [-0.39, 0.29) is 17.9 Å².